The van der Waals surface area contributed by atoms with Crippen LogP contribution in [0.1, 0.15) is 36.6 Å². The van der Waals surface area contributed by atoms with Crippen molar-refractivity contribution in [1.82, 2.24) is 16.2 Å². The van der Waals surface area contributed by atoms with Crippen molar-refractivity contribution in [2.45, 2.75) is 6.92 Å². The molecule has 9 nitrogen and oxygen atoms in total. The Bertz CT molecular complexity index is 1250. The molecule has 36 heavy (non-hydrogen) atoms. The first-order valence-electron chi connectivity index (χ1n) is 11.0. The zero-order valence-electron chi connectivity index (χ0n) is 19.8. The van der Waals surface area contributed by atoms with Crippen LogP contribution in [0.3, 0.4) is 0 Å². The fraction of sp³-hybridized carbons (Fsp3) is 0.154. The minimum Gasteiger partial charge on any atom is -0.490 e. The van der Waals surface area contributed by atoms with Gasteiger partial charge < -0.3 is 14.8 Å². The number of ether oxygens (including phenoxy) is 2. The van der Waals surface area contributed by atoms with Crippen LogP contribution in [0.2, 0.25) is 0 Å². The number of hydrazine groups is 1. The molecular formula is C26H26N4O5S. The summed E-state index contributed by atoms with van der Waals surface area (Å²) < 4.78 is 10.5. The standard InChI is InChI=1S/C26H26N4O5S/c1-17-6-5-7-19(16-17)23(31)27-20-12-10-18(11-13-20)24(32)29-30-26(36)28-25(33)21-8-3-4-9-22(21)35-15-14-34-2/h3-13,16H,14-15H2,1-2H3,(H,27,31)(H,29,32)(H2,28,30,33,36). The molecule has 0 saturated heterocycles. The maximum Gasteiger partial charge on any atom is 0.269 e. The van der Waals surface area contributed by atoms with Gasteiger partial charge in [-0.2, -0.15) is 0 Å². The zero-order valence-corrected chi connectivity index (χ0v) is 20.6. The van der Waals surface area contributed by atoms with Gasteiger partial charge in [-0.05, 0) is 67.7 Å². The van der Waals surface area contributed by atoms with E-state index in [9.17, 15) is 14.4 Å². The predicted molar refractivity (Wildman–Crippen MR) is 140 cm³/mol. The van der Waals surface area contributed by atoms with Gasteiger partial charge in [-0.15, -0.1) is 0 Å². The first kappa shape index (κ1) is 26.3. The molecule has 10 heteroatoms. The second kappa shape index (κ2) is 13.0. The Morgan fingerprint density at radius 1 is 0.806 bits per heavy atom. The first-order valence-corrected chi connectivity index (χ1v) is 11.4. The van der Waals surface area contributed by atoms with Gasteiger partial charge in [-0.1, -0.05) is 29.8 Å². The summed E-state index contributed by atoms with van der Waals surface area (Å²) >= 11 is 5.11. The van der Waals surface area contributed by atoms with E-state index in [-0.39, 0.29) is 23.2 Å². The highest BCUT2D eigenvalue weighted by Gasteiger charge is 2.14. The lowest BCUT2D eigenvalue weighted by atomic mass is 10.1. The van der Waals surface area contributed by atoms with Crippen LogP contribution in [0, 0.1) is 6.92 Å². The largest absolute Gasteiger partial charge is 0.490 e. The van der Waals surface area contributed by atoms with Gasteiger partial charge >= 0.3 is 0 Å². The van der Waals surface area contributed by atoms with E-state index in [1.54, 1.807) is 67.8 Å². The molecule has 0 unspecified atom stereocenters. The van der Waals surface area contributed by atoms with Crippen LogP contribution in [0.25, 0.3) is 0 Å². The Morgan fingerprint density at radius 2 is 1.56 bits per heavy atom. The molecule has 3 aromatic carbocycles. The highest BCUT2D eigenvalue weighted by Crippen LogP contribution is 2.17. The third-order valence-electron chi connectivity index (χ3n) is 4.88. The fourth-order valence-corrected chi connectivity index (χ4v) is 3.24. The van der Waals surface area contributed by atoms with E-state index >= 15 is 0 Å². The number of hydrogen-bond donors (Lipinski definition) is 4. The topological polar surface area (TPSA) is 118 Å². The molecule has 0 aliphatic rings. The van der Waals surface area contributed by atoms with Gasteiger partial charge in [0, 0.05) is 23.9 Å². The normalized spacial score (nSPS) is 10.2. The summed E-state index contributed by atoms with van der Waals surface area (Å²) in [6.45, 7) is 2.57. The molecule has 0 bridgehead atoms. The summed E-state index contributed by atoms with van der Waals surface area (Å²) in [4.78, 5) is 37.4. The highest BCUT2D eigenvalue weighted by molar-refractivity contribution is 7.80. The molecule has 0 fully saturated rings. The van der Waals surface area contributed by atoms with Crippen molar-refractivity contribution >= 4 is 40.7 Å². The molecule has 0 aliphatic heterocycles. The number of benzene rings is 3. The average molecular weight is 507 g/mol. The number of nitrogens with one attached hydrogen (secondary N) is 4. The second-order valence-electron chi connectivity index (χ2n) is 7.60. The van der Waals surface area contributed by atoms with E-state index in [1.165, 1.54) is 0 Å². The van der Waals surface area contributed by atoms with Crippen LogP contribution in [0.5, 0.6) is 5.75 Å². The van der Waals surface area contributed by atoms with Crippen molar-refractivity contribution in [1.29, 1.82) is 0 Å². The summed E-state index contributed by atoms with van der Waals surface area (Å²) in [5.74, 6) is -0.840. The number of para-hydroxylation sites is 1. The quantitative estimate of drug-likeness (QED) is 0.211. The van der Waals surface area contributed by atoms with E-state index in [4.69, 9.17) is 21.7 Å². The summed E-state index contributed by atoms with van der Waals surface area (Å²) in [6.07, 6.45) is 0. The van der Waals surface area contributed by atoms with E-state index < -0.39 is 11.8 Å². The molecule has 3 amide bonds. The van der Waals surface area contributed by atoms with Gasteiger partial charge in [0.2, 0.25) is 0 Å². The first-order chi connectivity index (χ1) is 17.4. The Hall–Kier alpha value is -4.28. The fourth-order valence-electron chi connectivity index (χ4n) is 3.10. The molecule has 186 valence electrons. The van der Waals surface area contributed by atoms with Crippen LogP contribution < -0.4 is 26.2 Å². The van der Waals surface area contributed by atoms with E-state index in [1.807, 2.05) is 19.1 Å². The van der Waals surface area contributed by atoms with Crippen LogP contribution in [0.15, 0.2) is 72.8 Å². The SMILES string of the molecule is COCCOc1ccccc1C(=O)NC(=S)NNC(=O)c1ccc(NC(=O)c2cccc(C)c2)cc1. The maximum atomic E-state index is 12.6. The van der Waals surface area contributed by atoms with Gasteiger partial charge in [0.05, 0.1) is 12.2 Å². The second-order valence-corrected chi connectivity index (χ2v) is 8.01. The smallest absolute Gasteiger partial charge is 0.269 e. The highest BCUT2D eigenvalue weighted by atomic mass is 32.1. The minimum absolute atomic E-state index is 0.0953. The Morgan fingerprint density at radius 3 is 2.28 bits per heavy atom. The Balaban J connectivity index is 1.50. The lowest BCUT2D eigenvalue weighted by Crippen LogP contribution is -2.48. The lowest BCUT2D eigenvalue weighted by Gasteiger charge is -2.13. The number of methoxy groups -OCH3 is 1. The Labute approximate surface area is 214 Å². The van der Waals surface area contributed by atoms with Gasteiger partial charge in [0.15, 0.2) is 5.11 Å². The number of aryl methyl sites for hydroxylation is 1. The molecule has 0 aromatic heterocycles. The third-order valence-corrected chi connectivity index (χ3v) is 5.08. The maximum absolute atomic E-state index is 12.6. The lowest BCUT2D eigenvalue weighted by molar-refractivity contribution is 0.0933. The average Bonchev–Trinajstić information content (AvgIpc) is 2.88. The molecule has 0 saturated carbocycles. The van der Waals surface area contributed by atoms with Crippen molar-refractivity contribution in [2.75, 3.05) is 25.6 Å². The molecule has 3 rings (SSSR count). The van der Waals surface area contributed by atoms with Crippen LogP contribution in [-0.2, 0) is 4.74 Å². The zero-order chi connectivity index (χ0) is 25.9. The minimum atomic E-state index is -0.497. The number of anilines is 1. The van der Waals surface area contributed by atoms with Gasteiger partial charge in [-0.25, -0.2) is 0 Å². The van der Waals surface area contributed by atoms with E-state index in [0.29, 0.717) is 29.2 Å². The van der Waals surface area contributed by atoms with Gasteiger partial charge in [-0.3, -0.25) is 30.6 Å². The molecule has 0 heterocycles. The monoisotopic (exact) mass is 506 g/mol. The molecule has 3 aromatic rings. The van der Waals surface area contributed by atoms with Crippen molar-refractivity contribution in [2.24, 2.45) is 0 Å². The van der Waals surface area contributed by atoms with E-state index in [2.05, 4.69) is 21.5 Å². The predicted octanol–water partition coefficient (Wildman–Crippen LogP) is 3.22. The van der Waals surface area contributed by atoms with Crippen molar-refractivity contribution in [3.63, 3.8) is 0 Å². The number of carbonyl (C=O) groups excluding carboxylic acids is 3. The summed E-state index contributed by atoms with van der Waals surface area (Å²) in [5.41, 5.74) is 7.59. The number of amides is 3. The summed E-state index contributed by atoms with van der Waals surface area (Å²) in [7, 11) is 1.55. The van der Waals surface area contributed by atoms with Crippen molar-refractivity contribution in [3.05, 3.63) is 95.1 Å². The summed E-state index contributed by atoms with van der Waals surface area (Å²) in [6, 6.07) is 20.3. The summed E-state index contributed by atoms with van der Waals surface area (Å²) in [5, 5.41) is 5.18. The number of hydrogen-bond acceptors (Lipinski definition) is 6. The van der Waals surface area contributed by atoms with Gasteiger partial charge in [0.25, 0.3) is 17.7 Å². The van der Waals surface area contributed by atoms with Crippen molar-refractivity contribution < 1.29 is 23.9 Å². The number of carbonyl (C=O) groups is 3. The van der Waals surface area contributed by atoms with Crippen LogP contribution in [-0.4, -0.2) is 43.2 Å². The molecule has 0 atom stereocenters. The molecule has 0 spiro atoms. The Kier molecular flexibility index (Phi) is 9.49. The van der Waals surface area contributed by atoms with Crippen molar-refractivity contribution in [3.8, 4) is 5.75 Å². The van der Waals surface area contributed by atoms with E-state index in [0.717, 1.165) is 5.56 Å². The molecular weight excluding hydrogens is 480 g/mol. The van der Waals surface area contributed by atoms with Crippen LogP contribution >= 0.6 is 12.2 Å². The molecule has 0 radical (unpaired) electrons. The molecule has 0 aliphatic carbocycles. The number of rotatable bonds is 8. The number of thiocarbonyl (C=S) groups is 1. The third kappa shape index (κ3) is 7.62. The van der Waals surface area contributed by atoms with Gasteiger partial charge in [0.1, 0.15) is 12.4 Å². The molecule has 4 N–H and O–H groups in total. The van der Waals surface area contributed by atoms with Crippen LogP contribution in [0.4, 0.5) is 5.69 Å².